The fourth-order valence-electron chi connectivity index (χ4n) is 2.76. The summed E-state index contributed by atoms with van der Waals surface area (Å²) in [5, 5.41) is 5.14. The monoisotopic (exact) mass is 468 g/mol. The summed E-state index contributed by atoms with van der Waals surface area (Å²) in [6, 6.07) is 3.49. The third-order valence-electron chi connectivity index (χ3n) is 4.09. The highest BCUT2D eigenvalue weighted by molar-refractivity contribution is 7.89. The van der Waals surface area contributed by atoms with Crippen molar-refractivity contribution >= 4 is 50.5 Å². The number of hydrogen-bond acceptors (Lipinski definition) is 10. The van der Waals surface area contributed by atoms with E-state index in [-0.39, 0.29) is 51.3 Å². The fourth-order valence-corrected chi connectivity index (χ4v) is 3.83. The molecule has 4 N–H and O–H groups in total. The molecule has 3 rings (SSSR count). The minimum absolute atomic E-state index is 0.00291. The molecule has 13 heteroatoms. The molecule has 11 nitrogen and oxygen atoms in total. The van der Waals surface area contributed by atoms with E-state index in [1.807, 2.05) is 0 Å². The molecule has 0 radical (unpaired) electrons. The third-order valence-corrected chi connectivity index (χ3v) is 5.48. The first-order valence-corrected chi connectivity index (χ1v) is 10.7. The molecule has 2 heterocycles. The molecular weight excluding hydrogens is 452 g/mol. The first kappa shape index (κ1) is 22.5. The highest BCUT2D eigenvalue weighted by Gasteiger charge is 2.24. The Bertz CT molecular complexity index is 1300. The summed E-state index contributed by atoms with van der Waals surface area (Å²) in [4.78, 5) is 32.2. The van der Waals surface area contributed by atoms with E-state index in [1.165, 1.54) is 12.1 Å². The van der Waals surface area contributed by atoms with Crippen molar-refractivity contribution in [1.29, 1.82) is 0 Å². The summed E-state index contributed by atoms with van der Waals surface area (Å²) in [5.41, 5.74) is 6.01. The summed E-state index contributed by atoms with van der Waals surface area (Å²) >= 11 is 5.80. The van der Waals surface area contributed by atoms with Crippen LogP contribution in [0.1, 0.15) is 39.2 Å². The van der Waals surface area contributed by atoms with Crippen LogP contribution in [0.4, 0.5) is 5.82 Å². The average Bonchev–Trinajstić information content (AvgIpc) is 3.02. The van der Waals surface area contributed by atoms with Crippen LogP contribution in [0.25, 0.3) is 11.1 Å². The zero-order valence-electron chi connectivity index (χ0n) is 16.3. The molecule has 31 heavy (non-hydrogen) atoms. The molecule has 0 bridgehead atoms. The smallest absolute Gasteiger partial charge is 0.342 e. The minimum atomic E-state index is -4.13. The Kier molecular flexibility index (Phi) is 6.15. The van der Waals surface area contributed by atoms with Crippen LogP contribution >= 0.6 is 11.6 Å². The van der Waals surface area contributed by atoms with Crippen LogP contribution in [-0.2, 0) is 26.1 Å². The molecule has 0 unspecified atom stereocenters. The number of benzene rings is 1. The van der Waals surface area contributed by atoms with Gasteiger partial charge in [0.15, 0.2) is 12.4 Å². The van der Waals surface area contributed by atoms with Crippen LogP contribution in [0, 0.1) is 6.92 Å². The number of sulfonamides is 1. The zero-order valence-corrected chi connectivity index (χ0v) is 17.9. The van der Waals surface area contributed by atoms with Gasteiger partial charge in [-0.15, -0.1) is 0 Å². The van der Waals surface area contributed by atoms with Gasteiger partial charge in [0.1, 0.15) is 22.0 Å². The predicted molar refractivity (Wildman–Crippen MR) is 109 cm³/mol. The lowest BCUT2D eigenvalue weighted by atomic mass is 10.2. The van der Waals surface area contributed by atoms with Gasteiger partial charge in [0, 0.05) is 0 Å². The first-order chi connectivity index (χ1) is 14.5. The van der Waals surface area contributed by atoms with Gasteiger partial charge in [0.25, 0.3) is 0 Å². The number of hydrogen-bond donors (Lipinski definition) is 2. The molecule has 0 saturated heterocycles. The van der Waals surface area contributed by atoms with Crippen molar-refractivity contribution < 1.29 is 31.9 Å². The van der Waals surface area contributed by atoms with Crippen LogP contribution in [-0.4, -0.2) is 36.9 Å². The average molecular weight is 469 g/mol. The van der Waals surface area contributed by atoms with Crippen molar-refractivity contribution in [2.45, 2.75) is 25.3 Å². The van der Waals surface area contributed by atoms with Crippen LogP contribution < -0.4 is 10.9 Å². The molecule has 164 valence electrons. The number of fused-ring (bicyclic) bond motifs is 1. The van der Waals surface area contributed by atoms with Gasteiger partial charge in [0.05, 0.1) is 22.6 Å². The van der Waals surface area contributed by atoms with Gasteiger partial charge in [-0.3, -0.25) is 0 Å². The number of furan rings is 1. The lowest BCUT2D eigenvalue weighted by Gasteiger charge is -2.07. The Labute approximate surface area is 181 Å². The number of carbonyl (C=O) groups is 2. The molecule has 0 aliphatic heterocycles. The summed E-state index contributed by atoms with van der Waals surface area (Å²) in [6.45, 7) is 2.98. The number of primary sulfonamides is 1. The van der Waals surface area contributed by atoms with Gasteiger partial charge < -0.3 is 19.6 Å². The number of nitrogens with two attached hydrogens (primary N) is 2. The van der Waals surface area contributed by atoms with Crippen LogP contribution in [0.5, 0.6) is 0 Å². The van der Waals surface area contributed by atoms with Gasteiger partial charge in [-0.1, -0.05) is 11.6 Å². The van der Waals surface area contributed by atoms with Crippen molar-refractivity contribution in [3.05, 3.63) is 45.9 Å². The third kappa shape index (κ3) is 4.60. The van der Waals surface area contributed by atoms with E-state index < -0.39 is 33.5 Å². The zero-order chi connectivity index (χ0) is 22.9. The number of nitrogen functional groups attached to an aromatic ring is 1. The van der Waals surface area contributed by atoms with Crippen molar-refractivity contribution in [2.24, 2.45) is 5.14 Å². The van der Waals surface area contributed by atoms with Crippen molar-refractivity contribution in [3.8, 4) is 0 Å². The largest absolute Gasteiger partial charge is 0.462 e. The minimum Gasteiger partial charge on any atom is -0.462 e. The molecule has 0 atom stereocenters. The lowest BCUT2D eigenvalue weighted by Crippen LogP contribution is -2.14. The molecule has 1 aromatic carbocycles. The van der Waals surface area contributed by atoms with Crippen molar-refractivity contribution in [2.75, 3.05) is 12.3 Å². The summed E-state index contributed by atoms with van der Waals surface area (Å²) in [7, 11) is -4.13. The second-order valence-electron chi connectivity index (χ2n) is 6.23. The number of nitrogens with zero attached hydrogens (tertiary/aromatic N) is 2. The Hall–Kier alpha value is -3.22. The predicted octanol–water partition coefficient (Wildman–Crippen LogP) is 1.95. The number of aryl methyl sites for hydroxylation is 1. The topological polar surface area (TPSA) is 178 Å². The van der Waals surface area contributed by atoms with Gasteiger partial charge in [-0.05, 0) is 32.0 Å². The Balaban J connectivity index is 1.85. The number of rotatable bonds is 6. The molecule has 0 aliphatic rings. The Morgan fingerprint density at radius 1 is 1.19 bits per heavy atom. The highest BCUT2D eigenvalue weighted by Crippen LogP contribution is 2.29. The fraction of sp³-hybridized carbons (Fsp3) is 0.222. The van der Waals surface area contributed by atoms with E-state index in [0.29, 0.717) is 0 Å². The van der Waals surface area contributed by atoms with Gasteiger partial charge in [0.2, 0.25) is 15.7 Å². The van der Waals surface area contributed by atoms with Gasteiger partial charge in [-0.2, -0.15) is 4.98 Å². The molecule has 2 aromatic heterocycles. The van der Waals surface area contributed by atoms with Crippen LogP contribution in [0.3, 0.4) is 0 Å². The van der Waals surface area contributed by atoms with E-state index in [1.54, 1.807) is 13.8 Å². The van der Waals surface area contributed by atoms with E-state index in [9.17, 15) is 18.0 Å². The quantitative estimate of drug-likeness (QED) is 0.507. The van der Waals surface area contributed by atoms with Crippen LogP contribution in [0.2, 0.25) is 5.02 Å². The standard InChI is InChI=1S/C18H17ClN4O7S/c1-3-28-18(25)13-8(2)30-16-14(13)15(20)22-12(23-16)7-29-17(24)9-4-5-10(19)11(6-9)31(21,26)27/h4-6H,3,7H2,1-2H3,(H2,20,22,23)(H2,21,26,27). The molecule has 0 saturated carbocycles. The number of carbonyl (C=O) groups excluding carboxylic acids is 2. The second-order valence-corrected chi connectivity index (χ2v) is 8.16. The molecule has 3 aromatic rings. The Morgan fingerprint density at radius 3 is 2.55 bits per heavy atom. The van der Waals surface area contributed by atoms with Gasteiger partial charge >= 0.3 is 11.9 Å². The highest BCUT2D eigenvalue weighted by atomic mass is 35.5. The van der Waals surface area contributed by atoms with E-state index in [2.05, 4.69) is 9.97 Å². The summed E-state index contributed by atoms with van der Waals surface area (Å²) < 4.78 is 38.7. The number of ether oxygens (including phenoxy) is 2. The van der Waals surface area contributed by atoms with E-state index in [0.717, 1.165) is 6.07 Å². The molecule has 0 aliphatic carbocycles. The normalized spacial score (nSPS) is 11.5. The maximum absolute atomic E-state index is 12.3. The molecule has 0 fully saturated rings. The Morgan fingerprint density at radius 2 is 1.90 bits per heavy atom. The number of esters is 2. The summed E-state index contributed by atoms with van der Waals surface area (Å²) in [6.07, 6.45) is 0. The molecule has 0 amide bonds. The number of aromatic nitrogens is 2. The van der Waals surface area contributed by atoms with Gasteiger partial charge in [-0.25, -0.2) is 28.1 Å². The van der Waals surface area contributed by atoms with Crippen molar-refractivity contribution in [3.63, 3.8) is 0 Å². The SMILES string of the molecule is CCOC(=O)c1c(C)oc2nc(COC(=O)c3ccc(Cl)c(S(N)(=O)=O)c3)nc(N)c12. The van der Waals surface area contributed by atoms with Crippen molar-refractivity contribution in [1.82, 2.24) is 9.97 Å². The number of anilines is 1. The van der Waals surface area contributed by atoms with E-state index in [4.69, 9.17) is 36.4 Å². The van der Waals surface area contributed by atoms with E-state index >= 15 is 0 Å². The maximum Gasteiger partial charge on any atom is 0.342 e. The maximum atomic E-state index is 12.3. The molecular formula is C18H17ClN4O7S. The van der Waals surface area contributed by atoms with Crippen LogP contribution in [0.15, 0.2) is 27.5 Å². The number of halogens is 1. The molecule has 0 spiro atoms. The first-order valence-electron chi connectivity index (χ1n) is 8.75. The summed E-state index contributed by atoms with van der Waals surface area (Å²) in [5.74, 6) is -1.30. The second kappa shape index (κ2) is 8.49. The lowest BCUT2D eigenvalue weighted by molar-refractivity contribution is 0.0461.